The first kappa shape index (κ1) is 26.9. The molecule has 1 spiro atoms. The van der Waals surface area contributed by atoms with Crippen LogP contribution >= 0.6 is 0 Å². The average molecular weight is 619 g/mol. The van der Waals surface area contributed by atoms with Crippen LogP contribution in [0.5, 0.6) is 0 Å². The summed E-state index contributed by atoms with van der Waals surface area (Å²) in [5.41, 5.74) is 13.7. The largest absolute Gasteiger partial charge is 0.310 e. The van der Waals surface area contributed by atoms with Gasteiger partial charge in [-0.3, -0.25) is 0 Å². The van der Waals surface area contributed by atoms with Gasteiger partial charge in [-0.2, -0.15) is 0 Å². The van der Waals surface area contributed by atoms with Gasteiger partial charge in [0.1, 0.15) is 0 Å². The summed E-state index contributed by atoms with van der Waals surface area (Å²) < 4.78 is 2.42. The van der Waals surface area contributed by atoms with Gasteiger partial charge in [0.15, 0.2) is 0 Å². The summed E-state index contributed by atoms with van der Waals surface area (Å²) in [5, 5.41) is 2.59. The van der Waals surface area contributed by atoms with E-state index in [-0.39, 0.29) is 5.41 Å². The number of benzene rings is 6. The lowest BCUT2D eigenvalue weighted by Crippen LogP contribution is -2.55. The van der Waals surface area contributed by atoms with Gasteiger partial charge in [0, 0.05) is 33.2 Å². The van der Waals surface area contributed by atoms with Gasteiger partial charge in [-0.15, -0.1) is 0 Å². The lowest BCUT2D eigenvalue weighted by atomic mass is 9.43. The van der Waals surface area contributed by atoms with Crippen LogP contribution in [0.3, 0.4) is 0 Å². The summed E-state index contributed by atoms with van der Waals surface area (Å²) in [4.78, 5) is 2.56. The van der Waals surface area contributed by atoms with Crippen molar-refractivity contribution in [3.8, 4) is 16.8 Å². The summed E-state index contributed by atoms with van der Waals surface area (Å²) in [5.74, 6) is 3.26. The van der Waals surface area contributed by atoms with Crippen LogP contribution in [0.1, 0.15) is 43.2 Å². The molecule has 0 radical (unpaired) electrons. The van der Waals surface area contributed by atoms with Crippen LogP contribution in [0.2, 0.25) is 0 Å². The standard InChI is InChI=1S/C46H38N2/c1-2-11-34(12-3-1)47(35-21-23-36(24-22-35)48-42-18-8-5-14-38(42)39-15-6-9-19-43(39)48)44-20-10-16-40-37-13-4-7-17-41(37)46(45(40)44)32-26-30-25-31(28-32)29-33(46)27-30/h1-24,30-33H,25-29H2. The Morgan fingerprint density at radius 1 is 0.479 bits per heavy atom. The second kappa shape index (κ2) is 9.97. The van der Waals surface area contributed by atoms with Crippen molar-refractivity contribution in [1.82, 2.24) is 4.57 Å². The lowest BCUT2D eigenvalue weighted by Gasteiger charge is -2.61. The smallest absolute Gasteiger partial charge is 0.0541 e. The fourth-order valence-corrected chi connectivity index (χ4v) is 11.3. The van der Waals surface area contributed by atoms with Gasteiger partial charge in [-0.1, -0.05) is 91.0 Å². The van der Waals surface area contributed by atoms with Gasteiger partial charge < -0.3 is 9.47 Å². The molecule has 0 aliphatic heterocycles. The molecule has 4 fully saturated rings. The maximum absolute atomic E-state index is 2.56. The van der Waals surface area contributed by atoms with Crippen LogP contribution in [0, 0.1) is 23.7 Å². The van der Waals surface area contributed by atoms with Crippen molar-refractivity contribution in [2.24, 2.45) is 23.7 Å². The molecule has 2 nitrogen and oxygen atoms in total. The Bertz CT molecular complexity index is 2280. The van der Waals surface area contributed by atoms with Gasteiger partial charge in [0.2, 0.25) is 0 Å². The Hall–Kier alpha value is -5.08. The summed E-state index contributed by atoms with van der Waals surface area (Å²) in [7, 11) is 0. The first-order valence-corrected chi connectivity index (χ1v) is 18.0. The van der Waals surface area contributed by atoms with Crippen molar-refractivity contribution in [3.05, 3.63) is 157 Å². The van der Waals surface area contributed by atoms with Crippen LogP contribution < -0.4 is 4.90 Å². The molecule has 0 N–H and O–H groups in total. The van der Waals surface area contributed by atoms with Crippen LogP contribution in [0.4, 0.5) is 17.1 Å². The normalized spacial score (nSPS) is 24.8. The molecule has 0 unspecified atom stereocenters. The van der Waals surface area contributed by atoms with Crippen molar-refractivity contribution in [2.75, 3.05) is 4.90 Å². The minimum atomic E-state index is 0.0892. The van der Waals surface area contributed by atoms with Gasteiger partial charge in [0.05, 0.1) is 16.7 Å². The number of fused-ring (bicyclic) bond motifs is 6. The highest BCUT2D eigenvalue weighted by molar-refractivity contribution is 6.09. The van der Waals surface area contributed by atoms with Gasteiger partial charge in [-0.25, -0.2) is 0 Å². The number of para-hydroxylation sites is 3. The fraction of sp³-hybridized carbons (Fsp3) is 0.217. The minimum Gasteiger partial charge on any atom is -0.310 e. The first-order valence-electron chi connectivity index (χ1n) is 18.0. The topological polar surface area (TPSA) is 8.17 Å². The quantitative estimate of drug-likeness (QED) is 0.190. The maximum atomic E-state index is 2.56. The molecule has 0 amide bonds. The second-order valence-electron chi connectivity index (χ2n) is 15.0. The van der Waals surface area contributed by atoms with Crippen molar-refractivity contribution in [1.29, 1.82) is 0 Å². The maximum Gasteiger partial charge on any atom is 0.0541 e. The Balaban J connectivity index is 1.12. The molecule has 2 heteroatoms. The molecule has 4 saturated carbocycles. The lowest BCUT2D eigenvalue weighted by molar-refractivity contribution is -0.0397. The van der Waals surface area contributed by atoms with Crippen molar-refractivity contribution in [2.45, 2.75) is 37.5 Å². The van der Waals surface area contributed by atoms with Crippen molar-refractivity contribution < 1.29 is 0 Å². The molecule has 232 valence electrons. The van der Waals surface area contributed by atoms with Crippen LogP contribution in [0.15, 0.2) is 146 Å². The molecular formula is C46H38N2. The fourth-order valence-electron chi connectivity index (χ4n) is 11.3. The molecule has 6 aromatic carbocycles. The van der Waals surface area contributed by atoms with Gasteiger partial charge >= 0.3 is 0 Å². The van der Waals surface area contributed by atoms with E-state index in [1.807, 2.05) is 0 Å². The molecule has 4 bridgehead atoms. The Morgan fingerprint density at radius 3 is 1.73 bits per heavy atom. The third kappa shape index (κ3) is 3.53. The van der Waals surface area contributed by atoms with E-state index in [0.717, 1.165) is 11.8 Å². The molecule has 0 saturated heterocycles. The van der Waals surface area contributed by atoms with E-state index in [4.69, 9.17) is 0 Å². The van der Waals surface area contributed by atoms with Crippen LogP contribution in [-0.2, 0) is 5.41 Å². The number of hydrogen-bond acceptors (Lipinski definition) is 1. The Labute approximate surface area is 282 Å². The predicted octanol–water partition coefficient (Wildman–Crippen LogP) is 12.0. The van der Waals surface area contributed by atoms with E-state index < -0.39 is 0 Å². The highest BCUT2D eigenvalue weighted by Gasteiger charge is 2.62. The van der Waals surface area contributed by atoms with Crippen molar-refractivity contribution >= 4 is 38.9 Å². The zero-order chi connectivity index (χ0) is 31.4. The van der Waals surface area contributed by atoms with E-state index in [2.05, 4.69) is 155 Å². The highest BCUT2D eigenvalue weighted by atomic mass is 15.1. The third-order valence-electron chi connectivity index (χ3n) is 12.7. The van der Waals surface area contributed by atoms with Gasteiger partial charge in [0.25, 0.3) is 0 Å². The van der Waals surface area contributed by atoms with Gasteiger partial charge in [-0.05, 0) is 133 Å². The molecule has 5 aliphatic carbocycles. The van der Waals surface area contributed by atoms with E-state index in [9.17, 15) is 0 Å². The Morgan fingerprint density at radius 2 is 1.04 bits per heavy atom. The van der Waals surface area contributed by atoms with E-state index >= 15 is 0 Å². The molecule has 1 aromatic heterocycles. The zero-order valence-corrected chi connectivity index (χ0v) is 27.1. The average Bonchev–Trinajstić information content (AvgIpc) is 3.63. The van der Waals surface area contributed by atoms with Crippen LogP contribution in [-0.4, -0.2) is 4.57 Å². The monoisotopic (exact) mass is 618 g/mol. The third-order valence-corrected chi connectivity index (χ3v) is 12.7. The minimum absolute atomic E-state index is 0.0892. The number of aromatic nitrogens is 1. The zero-order valence-electron chi connectivity index (χ0n) is 27.1. The second-order valence-corrected chi connectivity index (χ2v) is 15.0. The van der Waals surface area contributed by atoms with E-state index in [1.165, 1.54) is 87.8 Å². The number of nitrogens with zero attached hydrogens (tertiary/aromatic N) is 2. The molecule has 48 heavy (non-hydrogen) atoms. The highest BCUT2D eigenvalue weighted by Crippen LogP contribution is 2.71. The molecule has 7 aromatic rings. The molecule has 5 aliphatic rings. The first-order chi connectivity index (χ1) is 23.8. The summed E-state index contributed by atoms with van der Waals surface area (Å²) in [6.07, 6.45) is 7.00. The molecule has 1 heterocycles. The molecule has 12 rings (SSSR count). The Kier molecular flexibility index (Phi) is 5.59. The van der Waals surface area contributed by atoms with Crippen molar-refractivity contribution in [3.63, 3.8) is 0 Å². The summed E-state index contributed by atoms with van der Waals surface area (Å²) >= 11 is 0. The van der Waals surface area contributed by atoms with E-state index in [0.29, 0.717) is 11.8 Å². The SMILES string of the molecule is c1ccc(N(c2ccc(-n3c4ccccc4c4ccccc43)cc2)c2cccc3c2C2(c4ccccc4-3)C3CC4CC(C3)CC2C4)cc1. The molecule has 0 atom stereocenters. The van der Waals surface area contributed by atoms with Crippen LogP contribution in [0.25, 0.3) is 38.6 Å². The number of hydrogen-bond donors (Lipinski definition) is 0. The van der Waals surface area contributed by atoms with E-state index in [1.54, 1.807) is 11.1 Å². The predicted molar refractivity (Wildman–Crippen MR) is 199 cm³/mol. The molecular weight excluding hydrogens is 581 g/mol. The number of rotatable bonds is 4. The summed E-state index contributed by atoms with van der Waals surface area (Å²) in [6, 6.07) is 54.6. The number of anilines is 3. The summed E-state index contributed by atoms with van der Waals surface area (Å²) in [6.45, 7) is 0.